The summed E-state index contributed by atoms with van der Waals surface area (Å²) in [6.07, 6.45) is 23.7. The van der Waals surface area contributed by atoms with Crippen molar-refractivity contribution in [3.05, 3.63) is 109 Å². The molecule has 102 heavy (non-hydrogen) atoms. The Morgan fingerprint density at radius 1 is 0.520 bits per heavy atom. The maximum atomic E-state index is 14.1. The molecule has 0 saturated heterocycles. The van der Waals surface area contributed by atoms with Crippen molar-refractivity contribution in [3.8, 4) is 0 Å². The van der Waals surface area contributed by atoms with Crippen LogP contribution in [0.15, 0.2) is 94.5 Å². The average molecular weight is 1440 g/mol. The minimum absolute atomic E-state index is 0.00779. The number of carbonyl (C=O) groups excluding carboxylic acids is 4. The summed E-state index contributed by atoms with van der Waals surface area (Å²) in [5, 5.41) is 47.2. The van der Waals surface area contributed by atoms with Gasteiger partial charge in [0.1, 0.15) is 48.3 Å². The molecule has 3 heterocycles. The number of carbonyl (C=O) groups is 4. The minimum atomic E-state index is -1.16. The number of aliphatic hydroxyl groups is 4. The molecule has 24 heteroatoms. The molecule has 4 N–H and O–H groups in total. The lowest BCUT2D eigenvalue weighted by atomic mass is 9.75. The molecule has 6 unspecified atom stereocenters. The number of rotatable bonds is 32. The van der Waals surface area contributed by atoms with Crippen molar-refractivity contribution in [2.24, 2.45) is 34.5 Å². The summed E-state index contributed by atoms with van der Waals surface area (Å²) >= 11 is 0. The topological polar surface area (TPSA) is 300 Å². The largest absolute Gasteiger partial charge is 0.462 e. The summed E-state index contributed by atoms with van der Waals surface area (Å²) < 4.78 is 71.6. The molecule has 2 amide bonds. The molecule has 0 spiro atoms. The fourth-order valence-electron chi connectivity index (χ4n) is 12.8. The van der Waals surface area contributed by atoms with Gasteiger partial charge in [-0.25, -0.2) is 9.97 Å². The van der Waals surface area contributed by atoms with Crippen LogP contribution in [0.3, 0.4) is 0 Å². The molecule has 0 fully saturated rings. The number of nitrogens with zero attached hydrogens (tertiary/aromatic N) is 4. The number of methoxy groups -OCH3 is 8. The first-order chi connectivity index (χ1) is 48.6. The number of allylic oxidation sites excluding steroid dienone is 4. The van der Waals surface area contributed by atoms with Crippen molar-refractivity contribution in [2.75, 3.05) is 71.0 Å². The number of oxazole rings is 2. The van der Waals surface area contributed by atoms with Crippen LogP contribution in [0, 0.1) is 34.5 Å². The fraction of sp³-hybridized carbons (Fsp3) is 0.718. The van der Waals surface area contributed by atoms with Crippen LogP contribution < -0.4 is 0 Å². The number of amides is 2. The van der Waals surface area contributed by atoms with Gasteiger partial charge >= 0.3 is 11.9 Å². The first kappa shape index (κ1) is 90.5. The molecule has 24 nitrogen and oxygen atoms in total. The Hall–Kier alpha value is -5.74. The lowest BCUT2D eigenvalue weighted by molar-refractivity contribution is -0.169. The van der Waals surface area contributed by atoms with Crippen LogP contribution in [0.5, 0.6) is 0 Å². The van der Waals surface area contributed by atoms with Gasteiger partial charge < -0.3 is 86.4 Å². The Balaban J connectivity index is 1.96. The Morgan fingerprint density at radius 2 is 0.863 bits per heavy atom. The number of esters is 2. The molecule has 18 atom stereocenters. The molecule has 2 aromatic heterocycles. The number of ether oxygens (including phenoxy) is 10. The van der Waals surface area contributed by atoms with Crippen molar-refractivity contribution in [1.82, 2.24) is 19.8 Å². The van der Waals surface area contributed by atoms with Gasteiger partial charge in [0.25, 0.3) is 0 Å². The first-order valence-corrected chi connectivity index (χ1v) is 36.1. The number of aromatic nitrogens is 2. The molecular weight excluding hydrogens is 1310 g/mol. The lowest BCUT2D eigenvalue weighted by Gasteiger charge is -2.40. The number of hydrogen-bond donors (Lipinski definition) is 4. The summed E-state index contributed by atoms with van der Waals surface area (Å²) in [5.41, 5.74) is -1.22. The number of fused-ring (bicyclic) bond motifs is 4. The summed E-state index contributed by atoms with van der Waals surface area (Å²) in [6.45, 7) is 15.8. The van der Waals surface area contributed by atoms with Crippen molar-refractivity contribution in [2.45, 2.75) is 256 Å². The summed E-state index contributed by atoms with van der Waals surface area (Å²) in [5.74, 6) is -0.388. The van der Waals surface area contributed by atoms with Crippen LogP contribution in [0.4, 0.5) is 0 Å². The van der Waals surface area contributed by atoms with Crippen LogP contribution in [0.25, 0.3) is 0 Å². The maximum Gasteiger partial charge on any atom is 0.308 e. The number of aliphatic hydroxyl groups excluding tert-OH is 4. The molecule has 0 aliphatic carbocycles. The molecule has 0 saturated carbocycles. The van der Waals surface area contributed by atoms with E-state index in [1.54, 1.807) is 93.5 Å². The Morgan fingerprint density at radius 3 is 1.18 bits per heavy atom. The second-order valence-electron chi connectivity index (χ2n) is 28.8. The van der Waals surface area contributed by atoms with Gasteiger partial charge in [-0.2, -0.15) is 0 Å². The third-order valence-electron chi connectivity index (χ3n) is 20.3. The first-order valence-electron chi connectivity index (χ1n) is 36.1. The normalized spacial score (nSPS) is 27.3. The van der Waals surface area contributed by atoms with E-state index in [4.69, 9.17) is 66.2 Å². The highest BCUT2D eigenvalue weighted by molar-refractivity contribution is 5.70. The fourth-order valence-corrected chi connectivity index (χ4v) is 12.8. The van der Waals surface area contributed by atoms with Crippen molar-refractivity contribution < 1.29 is 95.8 Å². The van der Waals surface area contributed by atoms with Gasteiger partial charge in [0, 0.05) is 120 Å². The third-order valence-corrected chi connectivity index (χ3v) is 20.3. The van der Waals surface area contributed by atoms with Crippen LogP contribution in [-0.4, -0.2) is 209 Å². The van der Waals surface area contributed by atoms with Gasteiger partial charge in [0.05, 0.1) is 86.7 Å². The predicted molar refractivity (Wildman–Crippen MR) is 389 cm³/mol. The van der Waals surface area contributed by atoms with E-state index in [1.807, 2.05) is 64.2 Å². The van der Waals surface area contributed by atoms with Gasteiger partial charge in [-0.1, -0.05) is 129 Å². The molecule has 1 aliphatic heterocycles. The maximum absolute atomic E-state index is 14.1. The highest BCUT2D eigenvalue weighted by Gasteiger charge is 2.44. The second-order valence-corrected chi connectivity index (χ2v) is 28.8. The molecule has 580 valence electrons. The summed E-state index contributed by atoms with van der Waals surface area (Å²) in [6, 6.07) is 0. The zero-order valence-electron chi connectivity index (χ0n) is 64.5. The quantitative estimate of drug-likeness (QED) is 0.0391. The summed E-state index contributed by atoms with van der Waals surface area (Å²) in [4.78, 5) is 62.7. The van der Waals surface area contributed by atoms with Crippen molar-refractivity contribution in [3.63, 3.8) is 0 Å². The van der Waals surface area contributed by atoms with Crippen molar-refractivity contribution in [1.29, 1.82) is 0 Å². The molecule has 1 aliphatic rings. The highest BCUT2D eigenvalue weighted by atomic mass is 16.6. The van der Waals surface area contributed by atoms with Gasteiger partial charge in [0.2, 0.25) is 12.8 Å². The Bertz CT molecular complexity index is 2650. The smallest absolute Gasteiger partial charge is 0.308 e. The zero-order valence-corrected chi connectivity index (χ0v) is 64.5. The highest BCUT2D eigenvalue weighted by Crippen LogP contribution is 2.39. The van der Waals surface area contributed by atoms with E-state index in [2.05, 4.69) is 27.7 Å². The number of cyclic esters (lactones) is 2. The Kier molecular flexibility index (Phi) is 42.9. The molecule has 2 aromatic rings. The van der Waals surface area contributed by atoms with Gasteiger partial charge in [-0.15, -0.1) is 0 Å². The SMILES string of the molecule is COC1/C=C/C=C/CC(OC)c2coc(n2)C[C@H](O)C(C)(C)C(C[C@H](OC)[C@@H](C)CCC[C@@H](C)[C@@H](C/C=C/N(C)C=O)OC)OC(=O)C[C@@H](O)CC(OC)/C=C/C=C/CC(OC)c2coc(n2)C[C@H](O)C(C)(C)C(C[C@H](OC)[C@@H](C)CCC[C@@H](C)[C@@H](C/C=C/N(C)C=O)OC)OC(=O)C[C@@H](O)C1. The predicted octanol–water partition coefficient (Wildman–Crippen LogP) is 11.5. The van der Waals surface area contributed by atoms with Crippen LogP contribution >= 0.6 is 0 Å². The summed E-state index contributed by atoms with van der Waals surface area (Å²) in [7, 11) is 16.1. The van der Waals surface area contributed by atoms with E-state index < -0.39 is 96.0 Å². The molecule has 0 aromatic carbocycles. The van der Waals surface area contributed by atoms with E-state index in [-0.39, 0.29) is 99.0 Å². The standard InChI is InChI=1S/C78H128N4O20/c1-53(63(93-13)37-27-39-81(9)51-83)29-25-31-55(3)67(97-17)45-71-77(5,6)69(87)47-73-79-61(49-99-73)65(95-15)35-23-20-22-34-60(92-12)42-58(86)44-76(90)102-72(46-68(98-18)56(4)32-26-30-54(2)64(94-14)38-28-40-82(10)52-84)78(7,8)70(88)48-74-80-62(50-100-74)66(96-16)36-24-19-21-33-59(91-11)41-57(85)43-75(89)101-71/h19-24,27-28,33-34,39-40,49-60,63-72,85-88H,25-26,29-32,35-38,41-48H2,1-18H3/b23-20+,24-19+,33-21+,34-22+,39-27+,40-28+/t53-,54-,55+,56+,57+,58+,59?,60?,63-,64-,65?,66?,67+,68+,69+,70+,71?,72?/m1/s1. The van der Waals surface area contributed by atoms with Gasteiger partial charge in [-0.05, 0) is 75.0 Å². The van der Waals surface area contributed by atoms with E-state index in [1.165, 1.54) is 36.5 Å². The average Bonchev–Trinajstić information content (AvgIpc) is 1.10. The van der Waals surface area contributed by atoms with Crippen LogP contribution in [0.1, 0.15) is 194 Å². The van der Waals surface area contributed by atoms with E-state index in [0.29, 0.717) is 37.1 Å². The van der Waals surface area contributed by atoms with E-state index in [0.717, 1.165) is 51.3 Å². The van der Waals surface area contributed by atoms with Gasteiger partial charge in [-0.3, -0.25) is 19.2 Å². The molecule has 3 rings (SSSR count). The second kappa shape index (κ2) is 48.4. The lowest BCUT2D eigenvalue weighted by Crippen LogP contribution is -2.46. The van der Waals surface area contributed by atoms with E-state index >= 15 is 0 Å². The van der Waals surface area contributed by atoms with Crippen molar-refractivity contribution >= 4 is 24.8 Å². The molecule has 0 radical (unpaired) electrons. The third kappa shape index (κ3) is 31.9. The Labute approximate surface area is 608 Å². The number of hydrogen-bond acceptors (Lipinski definition) is 22. The van der Waals surface area contributed by atoms with Gasteiger partial charge in [0.15, 0.2) is 11.8 Å². The minimum Gasteiger partial charge on any atom is -0.462 e. The van der Waals surface area contributed by atoms with E-state index in [9.17, 15) is 39.6 Å². The molecule has 4 bridgehead atoms. The zero-order chi connectivity index (χ0) is 76.0. The molecular formula is C78H128N4O20. The monoisotopic (exact) mass is 1440 g/mol. The van der Waals surface area contributed by atoms with Crippen LogP contribution in [0.2, 0.25) is 0 Å². The van der Waals surface area contributed by atoms with Crippen LogP contribution in [-0.2, 0) is 79.4 Å².